The van der Waals surface area contributed by atoms with Crippen LogP contribution in [0, 0.1) is 0 Å². The molecule has 1 heterocycles. The van der Waals surface area contributed by atoms with E-state index in [4.69, 9.17) is 4.74 Å². The van der Waals surface area contributed by atoms with E-state index in [2.05, 4.69) is 80.8 Å². The first-order chi connectivity index (χ1) is 12.1. The number of ether oxygens (including phenoxy) is 1. The van der Waals surface area contributed by atoms with Gasteiger partial charge >= 0.3 is 0 Å². The highest BCUT2D eigenvalue weighted by Crippen LogP contribution is 2.20. The van der Waals surface area contributed by atoms with E-state index in [0.29, 0.717) is 12.1 Å². The normalized spacial score (nSPS) is 23.2. The molecular weight excluding hydrogens is 326 g/mol. The molecule has 1 aliphatic rings. The number of hydrogen-bond donors (Lipinski definition) is 2. The molecule has 1 fully saturated rings. The van der Waals surface area contributed by atoms with Crippen LogP contribution in [-0.4, -0.2) is 85.4 Å². The molecule has 2 unspecified atom stereocenters. The summed E-state index contributed by atoms with van der Waals surface area (Å²) in [6.07, 6.45) is 0.571. The molecule has 6 heteroatoms. The van der Waals surface area contributed by atoms with Gasteiger partial charge in [0.1, 0.15) is 0 Å². The lowest BCUT2D eigenvalue weighted by atomic mass is 10.00. The molecule has 0 spiro atoms. The number of nitrogens with one attached hydrogen (secondary N) is 2. The van der Waals surface area contributed by atoms with Crippen LogP contribution < -0.4 is 10.6 Å². The Morgan fingerprint density at radius 1 is 1.12 bits per heavy atom. The fourth-order valence-corrected chi connectivity index (χ4v) is 3.72. The molecule has 6 nitrogen and oxygen atoms in total. The Bertz CT molecular complexity index is 418. The minimum absolute atomic E-state index is 0.0474. The Morgan fingerprint density at radius 2 is 1.65 bits per heavy atom. The summed E-state index contributed by atoms with van der Waals surface area (Å²) >= 11 is 0. The minimum Gasteiger partial charge on any atom is -0.373 e. The molecule has 2 N–H and O–H groups in total. The van der Waals surface area contributed by atoms with E-state index in [1.807, 2.05) is 7.05 Å². The first-order valence-corrected chi connectivity index (χ1v) is 10.2. The molecule has 0 aromatic carbocycles. The van der Waals surface area contributed by atoms with Crippen molar-refractivity contribution in [2.45, 2.75) is 85.2 Å². The van der Waals surface area contributed by atoms with Gasteiger partial charge in [-0.2, -0.15) is 0 Å². The van der Waals surface area contributed by atoms with Crippen molar-refractivity contribution in [3.8, 4) is 0 Å². The molecule has 0 amide bonds. The smallest absolute Gasteiger partial charge is 0.191 e. The summed E-state index contributed by atoms with van der Waals surface area (Å²) in [4.78, 5) is 9.39. The first kappa shape index (κ1) is 23.2. The zero-order valence-corrected chi connectivity index (χ0v) is 18.6. The molecule has 2 atom stereocenters. The highest BCUT2D eigenvalue weighted by Gasteiger charge is 2.33. The van der Waals surface area contributed by atoms with E-state index in [-0.39, 0.29) is 17.7 Å². The lowest BCUT2D eigenvalue weighted by Gasteiger charge is -2.45. The van der Waals surface area contributed by atoms with Crippen LogP contribution in [0.1, 0.15) is 55.4 Å². The van der Waals surface area contributed by atoms with Crippen LogP contribution in [0.15, 0.2) is 4.99 Å². The van der Waals surface area contributed by atoms with Crippen molar-refractivity contribution in [1.82, 2.24) is 20.4 Å². The molecule has 1 rings (SSSR count). The molecule has 0 aliphatic carbocycles. The Labute approximate surface area is 161 Å². The average molecular weight is 370 g/mol. The van der Waals surface area contributed by atoms with E-state index < -0.39 is 0 Å². The van der Waals surface area contributed by atoms with E-state index >= 15 is 0 Å². The van der Waals surface area contributed by atoms with Crippen LogP contribution >= 0.6 is 0 Å². The van der Waals surface area contributed by atoms with Crippen LogP contribution in [0.4, 0.5) is 0 Å². The molecule has 26 heavy (non-hydrogen) atoms. The Morgan fingerprint density at radius 3 is 2.12 bits per heavy atom. The number of aliphatic imine (C=N–C) groups is 1. The zero-order valence-electron chi connectivity index (χ0n) is 18.6. The van der Waals surface area contributed by atoms with Gasteiger partial charge in [0.25, 0.3) is 0 Å². The van der Waals surface area contributed by atoms with Gasteiger partial charge in [-0.25, -0.2) is 0 Å². The van der Waals surface area contributed by atoms with Gasteiger partial charge in [-0.1, -0.05) is 0 Å². The van der Waals surface area contributed by atoms with Gasteiger partial charge in [0.05, 0.1) is 12.2 Å². The van der Waals surface area contributed by atoms with Crippen molar-refractivity contribution in [3.05, 3.63) is 0 Å². The van der Waals surface area contributed by atoms with E-state index in [9.17, 15) is 0 Å². The zero-order chi connectivity index (χ0) is 19.9. The predicted molar refractivity (Wildman–Crippen MR) is 112 cm³/mol. The molecule has 0 aromatic heterocycles. The maximum Gasteiger partial charge on any atom is 0.191 e. The van der Waals surface area contributed by atoms with Crippen molar-refractivity contribution >= 4 is 5.96 Å². The van der Waals surface area contributed by atoms with Crippen molar-refractivity contribution in [3.63, 3.8) is 0 Å². The highest BCUT2D eigenvalue weighted by molar-refractivity contribution is 5.79. The Balaban J connectivity index is 2.47. The monoisotopic (exact) mass is 369 g/mol. The predicted octanol–water partition coefficient (Wildman–Crippen LogP) is 2.16. The largest absolute Gasteiger partial charge is 0.373 e. The van der Waals surface area contributed by atoms with Crippen molar-refractivity contribution < 1.29 is 4.74 Å². The SMILES string of the molecule is CN=C(NCCN(C(C)C)C(C)C)NCC(C)(C)N1CC(C)OC(C)C1. The summed E-state index contributed by atoms with van der Waals surface area (Å²) in [6.45, 7) is 22.6. The fourth-order valence-electron chi connectivity index (χ4n) is 3.72. The van der Waals surface area contributed by atoms with Crippen LogP contribution in [0.2, 0.25) is 0 Å². The topological polar surface area (TPSA) is 52.1 Å². The van der Waals surface area contributed by atoms with Gasteiger partial charge in [0.2, 0.25) is 0 Å². The third-order valence-corrected chi connectivity index (χ3v) is 5.18. The Kier molecular flexibility index (Phi) is 9.34. The standard InChI is InChI=1S/C20H43N5O/c1-15(2)25(16(3)4)11-10-22-19(21-9)23-14-20(7,8)24-12-17(5)26-18(6)13-24/h15-18H,10-14H2,1-9H3,(H2,21,22,23). The van der Waals surface area contributed by atoms with Crippen molar-refractivity contribution in [2.24, 2.45) is 4.99 Å². The maximum atomic E-state index is 5.87. The summed E-state index contributed by atoms with van der Waals surface area (Å²) in [5.74, 6) is 0.875. The molecule has 0 saturated carbocycles. The van der Waals surface area contributed by atoms with Crippen LogP contribution in [0.25, 0.3) is 0 Å². The number of guanidine groups is 1. The van der Waals surface area contributed by atoms with Gasteiger partial charge in [-0.15, -0.1) is 0 Å². The third-order valence-electron chi connectivity index (χ3n) is 5.18. The number of nitrogens with zero attached hydrogens (tertiary/aromatic N) is 3. The van der Waals surface area contributed by atoms with Gasteiger partial charge in [0.15, 0.2) is 5.96 Å². The second kappa shape index (κ2) is 10.5. The summed E-state index contributed by atoms with van der Waals surface area (Å²) < 4.78 is 5.87. The summed E-state index contributed by atoms with van der Waals surface area (Å²) in [7, 11) is 1.84. The second-order valence-corrected chi connectivity index (χ2v) is 8.75. The highest BCUT2D eigenvalue weighted by atomic mass is 16.5. The summed E-state index contributed by atoms with van der Waals surface area (Å²) in [6, 6.07) is 1.10. The van der Waals surface area contributed by atoms with E-state index in [1.54, 1.807) is 0 Å². The van der Waals surface area contributed by atoms with E-state index in [1.165, 1.54) is 0 Å². The van der Waals surface area contributed by atoms with Crippen LogP contribution in [0.3, 0.4) is 0 Å². The third kappa shape index (κ3) is 7.41. The number of morpholine rings is 1. The van der Waals surface area contributed by atoms with Gasteiger partial charge in [-0.05, 0) is 55.4 Å². The number of hydrogen-bond acceptors (Lipinski definition) is 4. The van der Waals surface area contributed by atoms with Crippen LogP contribution in [0.5, 0.6) is 0 Å². The first-order valence-electron chi connectivity index (χ1n) is 10.2. The quantitative estimate of drug-likeness (QED) is 0.507. The van der Waals surface area contributed by atoms with E-state index in [0.717, 1.165) is 38.7 Å². The van der Waals surface area contributed by atoms with Crippen molar-refractivity contribution in [1.29, 1.82) is 0 Å². The average Bonchev–Trinajstić information content (AvgIpc) is 2.52. The van der Waals surface area contributed by atoms with Gasteiger partial charge < -0.3 is 15.4 Å². The fraction of sp³-hybridized carbons (Fsp3) is 0.950. The lowest BCUT2D eigenvalue weighted by molar-refractivity contribution is -0.0946. The maximum absolute atomic E-state index is 5.87. The van der Waals surface area contributed by atoms with Crippen molar-refractivity contribution in [2.75, 3.05) is 39.8 Å². The van der Waals surface area contributed by atoms with Gasteiger partial charge in [-0.3, -0.25) is 14.8 Å². The summed E-state index contributed by atoms with van der Waals surface area (Å²) in [5, 5.41) is 6.96. The Hall–Kier alpha value is -0.850. The minimum atomic E-state index is 0.0474. The second-order valence-electron chi connectivity index (χ2n) is 8.75. The summed E-state index contributed by atoms with van der Waals surface area (Å²) in [5.41, 5.74) is 0.0474. The molecule has 0 aromatic rings. The molecule has 1 saturated heterocycles. The molecule has 154 valence electrons. The molecule has 1 aliphatic heterocycles. The molecule has 0 bridgehead atoms. The lowest BCUT2D eigenvalue weighted by Crippen LogP contribution is -2.59. The van der Waals surface area contributed by atoms with Gasteiger partial charge in [0, 0.05) is 57.4 Å². The molecular formula is C20H43N5O. The number of rotatable bonds is 8. The van der Waals surface area contributed by atoms with Crippen LogP contribution in [-0.2, 0) is 4.74 Å². The molecule has 0 radical (unpaired) electrons.